The fourth-order valence-electron chi connectivity index (χ4n) is 4.49. The second-order valence-electron chi connectivity index (χ2n) is 8.58. The molecule has 4 aromatic rings. The second kappa shape index (κ2) is 7.83. The number of aromatic nitrogens is 5. The molecule has 0 aliphatic carbocycles. The first-order chi connectivity index (χ1) is 15.4. The van der Waals surface area contributed by atoms with E-state index >= 15 is 0 Å². The van der Waals surface area contributed by atoms with Gasteiger partial charge in [0, 0.05) is 37.6 Å². The summed E-state index contributed by atoms with van der Waals surface area (Å²) in [5, 5.41) is 10.9. The summed E-state index contributed by atoms with van der Waals surface area (Å²) in [6.07, 6.45) is 5.13. The van der Waals surface area contributed by atoms with E-state index in [1.54, 1.807) is 16.9 Å². The summed E-state index contributed by atoms with van der Waals surface area (Å²) in [7, 11) is 0. The SMILES string of the molecule is Cc1cn2nc(NC(=O)c3ccc(N4C[C@@H](C)N[C@@H](C)C4)c4nccnc34)cc(C)c2n1. The highest BCUT2D eigenvalue weighted by Gasteiger charge is 2.24. The Kier molecular flexibility index (Phi) is 4.97. The van der Waals surface area contributed by atoms with E-state index < -0.39 is 0 Å². The number of benzene rings is 1. The van der Waals surface area contributed by atoms with E-state index in [9.17, 15) is 4.79 Å². The zero-order valence-electron chi connectivity index (χ0n) is 18.6. The number of piperazine rings is 1. The van der Waals surface area contributed by atoms with Crippen LogP contribution in [0.1, 0.15) is 35.5 Å². The topological polar surface area (TPSA) is 100 Å². The third kappa shape index (κ3) is 3.64. The van der Waals surface area contributed by atoms with Crippen molar-refractivity contribution < 1.29 is 4.79 Å². The van der Waals surface area contributed by atoms with E-state index in [1.165, 1.54) is 0 Å². The highest BCUT2D eigenvalue weighted by atomic mass is 16.1. The molecule has 5 rings (SSSR count). The summed E-state index contributed by atoms with van der Waals surface area (Å²) < 4.78 is 1.69. The van der Waals surface area contributed by atoms with E-state index in [2.05, 4.69) is 49.4 Å². The van der Waals surface area contributed by atoms with Crippen LogP contribution < -0.4 is 15.5 Å². The Hall–Kier alpha value is -3.59. The summed E-state index contributed by atoms with van der Waals surface area (Å²) in [5.74, 6) is 0.190. The van der Waals surface area contributed by atoms with Gasteiger partial charge in [0.15, 0.2) is 11.5 Å². The van der Waals surface area contributed by atoms with Gasteiger partial charge in [-0.15, -0.1) is 5.10 Å². The molecule has 164 valence electrons. The molecule has 0 radical (unpaired) electrons. The molecule has 9 nitrogen and oxygen atoms in total. The lowest BCUT2D eigenvalue weighted by atomic mass is 10.1. The molecule has 32 heavy (non-hydrogen) atoms. The van der Waals surface area contributed by atoms with Gasteiger partial charge < -0.3 is 15.5 Å². The fourth-order valence-corrected chi connectivity index (χ4v) is 4.49. The van der Waals surface area contributed by atoms with E-state index in [-0.39, 0.29) is 5.91 Å². The van der Waals surface area contributed by atoms with E-state index in [0.29, 0.717) is 29.0 Å². The maximum atomic E-state index is 13.2. The van der Waals surface area contributed by atoms with Crippen molar-refractivity contribution in [1.82, 2.24) is 29.9 Å². The average Bonchev–Trinajstić information content (AvgIpc) is 3.13. The smallest absolute Gasteiger partial charge is 0.259 e. The molecule has 2 atom stereocenters. The van der Waals surface area contributed by atoms with Crippen LogP contribution in [0.5, 0.6) is 0 Å². The lowest BCUT2D eigenvalue weighted by Crippen LogP contribution is -2.54. The Morgan fingerprint density at radius 2 is 1.81 bits per heavy atom. The predicted octanol–water partition coefficient (Wildman–Crippen LogP) is 2.73. The molecule has 1 aliphatic heterocycles. The minimum Gasteiger partial charge on any atom is -0.367 e. The lowest BCUT2D eigenvalue weighted by Gasteiger charge is -2.38. The third-order valence-electron chi connectivity index (χ3n) is 5.72. The number of carbonyl (C=O) groups is 1. The molecule has 0 unspecified atom stereocenters. The number of amides is 1. The number of rotatable bonds is 3. The van der Waals surface area contributed by atoms with Crippen LogP contribution in [0, 0.1) is 13.8 Å². The second-order valence-corrected chi connectivity index (χ2v) is 8.58. The number of anilines is 2. The Bertz CT molecular complexity index is 1320. The molecule has 1 aliphatic rings. The van der Waals surface area contributed by atoms with E-state index in [4.69, 9.17) is 0 Å². The van der Waals surface area contributed by atoms with Crippen molar-refractivity contribution in [2.75, 3.05) is 23.3 Å². The average molecular weight is 431 g/mol. The van der Waals surface area contributed by atoms with E-state index in [0.717, 1.165) is 41.2 Å². The van der Waals surface area contributed by atoms with Crippen molar-refractivity contribution in [1.29, 1.82) is 0 Å². The molecular weight excluding hydrogens is 404 g/mol. The molecule has 4 heterocycles. The highest BCUT2D eigenvalue weighted by Crippen LogP contribution is 2.28. The van der Waals surface area contributed by atoms with Crippen molar-refractivity contribution in [2.45, 2.75) is 39.8 Å². The normalized spacial score (nSPS) is 18.9. The van der Waals surface area contributed by atoms with Crippen molar-refractivity contribution in [3.63, 3.8) is 0 Å². The summed E-state index contributed by atoms with van der Waals surface area (Å²) >= 11 is 0. The maximum Gasteiger partial charge on any atom is 0.259 e. The summed E-state index contributed by atoms with van der Waals surface area (Å²) in [6.45, 7) is 9.95. The number of nitrogens with one attached hydrogen (secondary N) is 2. The standard InChI is InChI=1S/C23H26N8O/c1-13-9-19(29-31-12-16(4)27-22(13)31)28-23(32)17-5-6-18(21-20(17)24-7-8-25-21)30-10-14(2)26-15(3)11-30/h5-9,12,14-15,26H,10-11H2,1-4H3,(H,28,29,32)/t14-,15+. The van der Waals surface area contributed by atoms with Gasteiger partial charge in [0.2, 0.25) is 0 Å². The molecule has 9 heteroatoms. The molecule has 1 amide bonds. The number of hydrogen-bond acceptors (Lipinski definition) is 7. The quantitative estimate of drug-likeness (QED) is 0.515. The van der Waals surface area contributed by atoms with Gasteiger partial charge in [-0.05, 0) is 51.5 Å². The minimum atomic E-state index is -0.271. The Balaban J connectivity index is 1.50. The Labute approximate surface area is 185 Å². The minimum absolute atomic E-state index is 0.271. The first-order valence-corrected chi connectivity index (χ1v) is 10.8. The van der Waals surface area contributed by atoms with Gasteiger partial charge in [-0.1, -0.05) is 0 Å². The van der Waals surface area contributed by atoms with Gasteiger partial charge in [-0.25, -0.2) is 9.50 Å². The molecule has 1 aromatic carbocycles. The summed E-state index contributed by atoms with van der Waals surface area (Å²) in [5.41, 5.74) is 5.36. The van der Waals surface area contributed by atoms with Crippen LogP contribution in [-0.4, -0.2) is 55.6 Å². The van der Waals surface area contributed by atoms with Crippen molar-refractivity contribution >= 4 is 34.1 Å². The van der Waals surface area contributed by atoms with Crippen LogP contribution in [0.2, 0.25) is 0 Å². The van der Waals surface area contributed by atoms with Gasteiger partial charge in [-0.2, -0.15) is 0 Å². The number of imidazole rings is 1. The highest BCUT2D eigenvalue weighted by molar-refractivity contribution is 6.12. The fraction of sp³-hybridized carbons (Fsp3) is 0.348. The Morgan fingerprint density at radius 3 is 2.56 bits per heavy atom. The maximum absolute atomic E-state index is 13.2. The molecule has 0 saturated carbocycles. The van der Waals surface area contributed by atoms with Crippen molar-refractivity contribution in [3.05, 3.63) is 53.6 Å². The van der Waals surface area contributed by atoms with Gasteiger partial charge in [0.05, 0.1) is 23.1 Å². The predicted molar refractivity (Wildman–Crippen MR) is 124 cm³/mol. The van der Waals surface area contributed by atoms with Gasteiger partial charge in [0.25, 0.3) is 5.91 Å². The van der Waals surface area contributed by atoms with Crippen molar-refractivity contribution in [3.8, 4) is 0 Å². The van der Waals surface area contributed by atoms with Crippen LogP contribution in [0.4, 0.5) is 11.5 Å². The zero-order valence-corrected chi connectivity index (χ0v) is 18.6. The lowest BCUT2D eigenvalue weighted by molar-refractivity contribution is 0.102. The van der Waals surface area contributed by atoms with Crippen LogP contribution in [0.25, 0.3) is 16.7 Å². The van der Waals surface area contributed by atoms with E-state index in [1.807, 2.05) is 38.2 Å². The van der Waals surface area contributed by atoms with Crippen LogP contribution in [-0.2, 0) is 0 Å². The zero-order chi connectivity index (χ0) is 22.4. The number of aryl methyl sites for hydroxylation is 2. The molecule has 1 saturated heterocycles. The first-order valence-electron chi connectivity index (χ1n) is 10.8. The monoisotopic (exact) mass is 430 g/mol. The number of fused-ring (bicyclic) bond motifs is 2. The molecule has 3 aromatic heterocycles. The molecule has 2 N–H and O–H groups in total. The number of nitrogens with zero attached hydrogens (tertiary/aromatic N) is 6. The summed E-state index contributed by atoms with van der Waals surface area (Å²) in [4.78, 5) is 29.1. The molecular formula is C23H26N8O. The van der Waals surface area contributed by atoms with Gasteiger partial charge >= 0.3 is 0 Å². The molecule has 0 spiro atoms. The largest absolute Gasteiger partial charge is 0.367 e. The Morgan fingerprint density at radius 1 is 1.09 bits per heavy atom. The first kappa shape index (κ1) is 20.3. The number of hydrogen-bond donors (Lipinski definition) is 2. The summed E-state index contributed by atoms with van der Waals surface area (Å²) in [6, 6.07) is 6.35. The van der Waals surface area contributed by atoms with Crippen LogP contribution >= 0.6 is 0 Å². The van der Waals surface area contributed by atoms with Crippen LogP contribution in [0.3, 0.4) is 0 Å². The van der Waals surface area contributed by atoms with Gasteiger partial charge in [0.1, 0.15) is 11.0 Å². The third-order valence-corrected chi connectivity index (χ3v) is 5.72. The number of carbonyl (C=O) groups excluding carboxylic acids is 1. The van der Waals surface area contributed by atoms with Crippen LogP contribution in [0.15, 0.2) is 36.8 Å². The van der Waals surface area contributed by atoms with Crippen molar-refractivity contribution in [2.24, 2.45) is 0 Å². The molecule has 0 bridgehead atoms. The molecule has 1 fully saturated rings. The van der Waals surface area contributed by atoms with Gasteiger partial charge in [-0.3, -0.25) is 14.8 Å².